The van der Waals surface area contributed by atoms with Gasteiger partial charge in [-0.1, -0.05) is 25.4 Å². The van der Waals surface area contributed by atoms with Gasteiger partial charge in [-0.3, -0.25) is 9.59 Å². The number of halogens is 1. The van der Waals surface area contributed by atoms with Crippen LogP contribution in [0, 0.1) is 5.92 Å². The van der Waals surface area contributed by atoms with E-state index in [1.54, 1.807) is 18.2 Å². The predicted molar refractivity (Wildman–Crippen MR) is 81.2 cm³/mol. The monoisotopic (exact) mass is 297 g/mol. The van der Waals surface area contributed by atoms with Crippen molar-refractivity contribution < 1.29 is 9.59 Å². The maximum Gasteiger partial charge on any atom is 0.252 e. The van der Waals surface area contributed by atoms with E-state index in [0.717, 1.165) is 6.54 Å². The van der Waals surface area contributed by atoms with E-state index in [9.17, 15) is 9.59 Å². The highest BCUT2D eigenvalue weighted by atomic mass is 35.5. The molecule has 1 aromatic carbocycles. The highest BCUT2D eigenvalue weighted by molar-refractivity contribution is 6.34. The van der Waals surface area contributed by atoms with Crippen molar-refractivity contribution in [1.29, 1.82) is 0 Å². The largest absolute Gasteiger partial charge is 0.355 e. The molecular formula is C14H20ClN3O2. The molecule has 0 heterocycles. The van der Waals surface area contributed by atoms with Crippen molar-refractivity contribution in [2.24, 2.45) is 5.92 Å². The Kier molecular flexibility index (Phi) is 6.48. The minimum Gasteiger partial charge on any atom is -0.355 e. The van der Waals surface area contributed by atoms with Crippen LogP contribution in [-0.4, -0.2) is 32.0 Å². The van der Waals surface area contributed by atoms with Gasteiger partial charge in [-0.15, -0.1) is 0 Å². The Bertz CT molecular complexity index is 491. The summed E-state index contributed by atoms with van der Waals surface area (Å²) in [5.41, 5.74) is 0.896. The summed E-state index contributed by atoms with van der Waals surface area (Å²) in [4.78, 5) is 23.6. The summed E-state index contributed by atoms with van der Waals surface area (Å²) >= 11 is 5.95. The highest BCUT2D eigenvalue weighted by Gasteiger charge is 2.14. The highest BCUT2D eigenvalue weighted by Crippen LogP contribution is 2.21. The molecule has 0 radical (unpaired) electrons. The smallest absolute Gasteiger partial charge is 0.252 e. The molecule has 0 saturated carbocycles. The quantitative estimate of drug-likeness (QED) is 0.751. The van der Waals surface area contributed by atoms with Gasteiger partial charge in [0.1, 0.15) is 0 Å². The number of anilines is 1. The second-order valence-electron chi connectivity index (χ2n) is 4.47. The van der Waals surface area contributed by atoms with Crippen molar-refractivity contribution in [2.45, 2.75) is 13.8 Å². The first-order valence-corrected chi connectivity index (χ1v) is 6.90. The van der Waals surface area contributed by atoms with E-state index in [1.165, 1.54) is 7.05 Å². The molecule has 0 fully saturated rings. The molecule has 0 aromatic heterocycles. The van der Waals surface area contributed by atoms with Crippen LogP contribution in [0.4, 0.5) is 5.69 Å². The zero-order chi connectivity index (χ0) is 15.1. The van der Waals surface area contributed by atoms with Gasteiger partial charge in [0.05, 0.1) is 10.6 Å². The van der Waals surface area contributed by atoms with Crippen LogP contribution in [0.2, 0.25) is 5.02 Å². The Morgan fingerprint density at radius 3 is 2.65 bits per heavy atom. The fourth-order valence-electron chi connectivity index (χ4n) is 1.63. The molecule has 0 bridgehead atoms. The molecule has 6 heteroatoms. The van der Waals surface area contributed by atoms with E-state index in [2.05, 4.69) is 16.0 Å². The van der Waals surface area contributed by atoms with Crippen molar-refractivity contribution >= 4 is 29.1 Å². The van der Waals surface area contributed by atoms with Crippen LogP contribution >= 0.6 is 11.6 Å². The summed E-state index contributed by atoms with van der Waals surface area (Å²) in [5, 5.41) is 8.75. The molecule has 110 valence electrons. The van der Waals surface area contributed by atoms with Gasteiger partial charge in [0.25, 0.3) is 5.91 Å². The lowest BCUT2D eigenvalue weighted by molar-refractivity contribution is -0.119. The van der Waals surface area contributed by atoms with Crippen LogP contribution in [0.1, 0.15) is 24.2 Å². The zero-order valence-corrected chi connectivity index (χ0v) is 12.7. The van der Waals surface area contributed by atoms with Gasteiger partial charge < -0.3 is 16.0 Å². The van der Waals surface area contributed by atoms with E-state index < -0.39 is 0 Å². The van der Waals surface area contributed by atoms with Crippen molar-refractivity contribution in [3.63, 3.8) is 0 Å². The fourth-order valence-corrected chi connectivity index (χ4v) is 1.83. The minimum absolute atomic E-state index is 0.101. The standard InChI is InChI=1S/C14H20ClN3O2/c1-4-17-8-9(2)13(19)18-10-5-6-12(15)11(7-10)14(20)16-3/h5-7,9,17H,4,8H2,1-3H3,(H,16,20)(H,18,19). The van der Waals surface area contributed by atoms with Gasteiger partial charge in [0.15, 0.2) is 0 Å². The number of nitrogens with one attached hydrogen (secondary N) is 3. The summed E-state index contributed by atoms with van der Waals surface area (Å²) in [6, 6.07) is 4.84. The van der Waals surface area contributed by atoms with Crippen LogP contribution in [0.15, 0.2) is 18.2 Å². The maximum absolute atomic E-state index is 12.0. The molecule has 0 aliphatic heterocycles. The van der Waals surface area contributed by atoms with Crippen molar-refractivity contribution in [2.75, 3.05) is 25.5 Å². The maximum atomic E-state index is 12.0. The molecule has 0 saturated heterocycles. The second-order valence-corrected chi connectivity index (χ2v) is 4.88. The van der Waals surface area contributed by atoms with E-state index in [1.807, 2.05) is 13.8 Å². The third-order valence-corrected chi connectivity index (χ3v) is 3.18. The van der Waals surface area contributed by atoms with Gasteiger partial charge in [-0.25, -0.2) is 0 Å². The van der Waals surface area contributed by atoms with Gasteiger partial charge in [0.2, 0.25) is 5.91 Å². The van der Waals surface area contributed by atoms with Crippen LogP contribution in [0.5, 0.6) is 0 Å². The molecule has 0 aliphatic carbocycles. The molecule has 1 unspecified atom stereocenters. The summed E-state index contributed by atoms with van der Waals surface area (Å²) in [6.07, 6.45) is 0. The van der Waals surface area contributed by atoms with Crippen molar-refractivity contribution in [3.05, 3.63) is 28.8 Å². The van der Waals surface area contributed by atoms with Crippen LogP contribution in [-0.2, 0) is 4.79 Å². The van der Waals surface area contributed by atoms with Crippen molar-refractivity contribution in [1.82, 2.24) is 10.6 Å². The lowest BCUT2D eigenvalue weighted by atomic mass is 10.1. The van der Waals surface area contributed by atoms with Gasteiger partial charge in [-0.05, 0) is 24.7 Å². The number of hydrogen-bond acceptors (Lipinski definition) is 3. The average Bonchev–Trinajstić information content (AvgIpc) is 2.45. The Balaban J connectivity index is 2.78. The van der Waals surface area contributed by atoms with Crippen LogP contribution in [0.25, 0.3) is 0 Å². The number of amides is 2. The Hall–Kier alpha value is -1.59. The summed E-state index contributed by atoms with van der Waals surface area (Å²) in [7, 11) is 1.53. The van der Waals surface area contributed by atoms with E-state index in [-0.39, 0.29) is 17.7 Å². The molecule has 0 spiro atoms. The third kappa shape index (κ3) is 4.51. The second kappa shape index (κ2) is 7.87. The first-order valence-electron chi connectivity index (χ1n) is 6.52. The lowest BCUT2D eigenvalue weighted by Gasteiger charge is -2.13. The Morgan fingerprint density at radius 2 is 2.05 bits per heavy atom. The van der Waals surface area contributed by atoms with Crippen molar-refractivity contribution in [3.8, 4) is 0 Å². The first-order chi connectivity index (χ1) is 9.49. The molecule has 1 atom stereocenters. The summed E-state index contributed by atoms with van der Waals surface area (Å²) < 4.78 is 0. The fraction of sp³-hybridized carbons (Fsp3) is 0.429. The molecule has 20 heavy (non-hydrogen) atoms. The summed E-state index contributed by atoms with van der Waals surface area (Å²) in [5.74, 6) is -0.544. The number of hydrogen-bond donors (Lipinski definition) is 3. The summed E-state index contributed by atoms with van der Waals surface area (Å²) in [6.45, 7) is 5.25. The van der Waals surface area contributed by atoms with Gasteiger partial charge in [-0.2, -0.15) is 0 Å². The number of rotatable bonds is 6. The number of carbonyl (C=O) groups excluding carboxylic acids is 2. The Morgan fingerprint density at radius 1 is 1.35 bits per heavy atom. The zero-order valence-electron chi connectivity index (χ0n) is 11.9. The predicted octanol–water partition coefficient (Wildman–Crippen LogP) is 1.88. The molecule has 5 nitrogen and oxygen atoms in total. The molecule has 3 N–H and O–H groups in total. The molecular weight excluding hydrogens is 278 g/mol. The normalized spacial score (nSPS) is 11.8. The van der Waals surface area contributed by atoms with Gasteiger partial charge >= 0.3 is 0 Å². The van der Waals surface area contributed by atoms with E-state index in [0.29, 0.717) is 22.8 Å². The van der Waals surface area contributed by atoms with Gasteiger partial charge in [0, 0.05) is 25.2 Å². The third-order valence-electron chi connectivity index (χ3n) is 2.85. The first kappa shape index (κ1) is 16.5. The Labute approximate surface area is 124 Å². The minimum atomic E-state index is -0.285. The van der Waals surface area contributed by atoms with E-state index >= 15 is 0 Å². The topological polar surface area (TPSA) is 70.2 Å². The average molecular weight is 298 g/mol. The molecule has 1 rings (SSSR count). The van der Waals surface area contributed by atoms with E-state index in [4.69, 9.17) is 11.6 Å². The number of carbonyl (C=O) groups is 2. The number of benzene rings is 1. The van der Waals surface area contributed by atoms with Crippen LogP contribution < -0.4 is 16.0 Å². The molecule has 1 aromatic rings. The lowest BCUT2D eigenvalue weighted by Crippen LogP contribution is -2.30. The SMILES string of the molecule is CCNCC(C)C(=O)Nc1ccc(Cl)c(C(=O)NC)c1. The molecule has 0 aliphatic rings. The van der Waals surface area contributed by atoms with Crippen LogP contribution in [0.3, 0.4) is 0 Å². The molecule has 2 amide bonds.